The van der Waals surface area contributed by atoms with Crippen molar-refractivity contribution in [2.75, 3.05) is 6.26 Å². The Morgan fingerprint density at radius 1 is 0.895 bits per heavy atom. The Labute approximate surface area is 117 Å². The second-order valence-electron chi connectivity index (χ2n) is 4.50. The molecule has 0 radical (unpaired) electrons. The number of benzene rings is 2. The van der Waals surface area contributed by atoms with Crippen LogP contribution in [0, 0.1) is 6.92 Å². The highest BCUT2D eigenvalue weighted by atomic mass is 32.2. The second kappa shape index (κ2) is 5.06. The highest BCUT2D eigenvalue weighted by molar-refractivity contribution is 7.98. The lowest BCUT2D eigenvalue weighted by atomic mass is 9.97. The molecule has 1 aromatic heterocycles. The summed E-state index contributed by atoms with van der Waals surface area (Å²) in [5, 5.41) is 2.33. The van der Waals surface area contributed by atoms with Gasteiger partial charge in [-0.2, -0.15) is 0 Å². The molecule has 0 saturated carbocycles. The summed E-state index contributed by atoms with van der Waals surface area (Å²) in [6.45, 7) is 2.16. The Kier molecular flexibility index (Phi) is 3.26. The van der Waals surface area contributed by atoms with E-state index in [-0.39, 0.29) is 0 Å². The molecule has 0 saturated heterocycles. The highest BCUT2D eigenvalue weighted by Crippen LogP contribution is 2.35. The van der Waals surface area contributed by atoms with Crippen molar-refractivity contribution in [1.29, 1.82) is 0 Å². The largest absolute Gasteiger partial charge is 0.241 e. The number of nitrogens with zero attached hydrogens (tertiary/aromatic N) is 1. The number of pyridine rings is 1. The number of hydrogen-bond donors (Lipinski definition) is 0. The molecule has 94 valence electrons. The first kappa shape index (κ1) is 12.2. The Morgan fingerprint density at radius 3 is 2.32 bits per heavy atom. The summed E-state index contributed by atoms with van der Waals surface area (Å²) in [4.78, 5) is 4.74. The van der Waals surface area contributed by atoms with Crippen molar-refractivity contribution in [3.8, 4) is 11.1 Å². The molecule has 2 aromatic carbocycles. The summed E-state index contributed by atoms with van der Waals surface area (Å²) in [6, 6.07) is 18.9. The molecule has 0 aliphatic rings. The van der Waals surface area contributed by atoms with E-state index < -0.39 is 0 Å². The third-order valence-corrected chi connectivity index (χ3v) is 4.13. The van der Waals surface area contributed by atoms with Gasteiger partial charge in [-0.05, 0) is 35.9 Å². The van der Waals surface area contributed by atoms with E-state index in [1.807, 2.05) is 6.07 Å². The lowest BCUT2D eigenvalue weighted by Crippen LogP contribution is -1.93. The van der Waals surface area contributed by atoms with E-state index in [0.717, 1.165) is 10.5 Å². The standard InChI is InChI=1S/C17H15NS/c1-12-16(13-8-4-3-5-9-13)14-10-6-7-11-15(14)18-17(12)19-2/h3-11H,1-2H3. The summed E-state index contributed by atoms with van der Waals surface area (Å²) in [7, 11) is 0. The van der Waals surface area contributed by atoms with Gasteiger partial charge in [-0.25, -0.2) is 4.98 Å². The topological polar surface area (TPSA) is 12.9 Å². The van der Waals surface area contributed by atoms with Crippen LogP contribution in [0.4, 0.5) is 0 Å². The van der Waals surface area contributed by atoms with Gasteiger partial charge in [-0.1, -0.05) is 48.5 Å². The molecule has 0 amide bonds. The van der Waals surface area contributed by atoms with E-state index in [9.17, 15) is 0 Å². The van der Waals surface area contributed by atoms with Gasteiger partial charge in [0.1, 0.15) is 0 Å². The minimum atomic E-state index is 1.07. The highest BCUT2D eigenvalue weighted by Gasteiger charge is 2.12. The summed E-state index contributed by atoms with van der Waals surface area (Å²) in [6.07, 6.45) is 2.08. The van der Waals surface area contributed by atoms with Crippen molar-refractivity contribution >= 4 is 22.7 Å². The van der Waals surface area contributed by atoms with Crippen molar-refractivity contribution < 1.29 is 0 Å². The van der Waals surface area contributed by atoms with Crippen LogP contribution in [0.5, 0.6) is 0 Å². The molecule has 0 bridgehead atoms. The molecule has 0 fully saturated rings. The average molecular weight is 265 g/mol. The third-order valence-electron chi connectivity index (χ3n) is 3.35. The number of rotatable bonds is 2. The molecule has 19 heavy (non-hydrogen) atoms. The van der Waals surface area contributed by atoms with E-state index in [1.165, 1.54) is 22.1 Å². The van der Waals surface area contributed by atoms with Gasteiger partial charge in [0.05, 0.1) is 10.5 Å². The minimum Gasteiger partial charge on any atom is -0.241 e. The Balaban J connectivity index is 2.41. The fourth-order valence-electron chi connectivity index (χ4n) is 2.46. The van der Waals surface area contributed by atoms with Crippen molar-refractivity contribution in [2.45, 2.75) is 11.9 Å². The van der Waals surface area contributed by atoms with Crippen LogP contribution in [0.2, 0.25) is 0 Å². The van der Waals surface area contributed by atoms with Crippen molar-refractivity contribution in [2.24, 2.45) is 0 Å². The van der Waals surface area contributed by atoms with Crippen LogP contribution in [0.25, 0.3) is 22.0 Å². The summed E-state index contributed by atoms with van der Waals surface area (Å²) >= 11 is 1.71. The Bertz CT molecular complexity index is 720. The Hall–Kier alpha value is -1.80. The lowest BCUT2D eigenvalue weighted by Gasteiger charge is -2.13. The van der Waals surface area contributed by atoms with Gasteiger partial charge in [0.15, 0.2) is 0 Å². The average Bonchev–Trinajstić information content (AvgIpc) is 2.47. The molecule has 1 heterocycles. The number of hydrogen-bond acceptors (Lipinski definition) is 2. The maximum absolute atomic E-state index is 4.74. The van der Waals surface area contributed by atoms with Crippen LogP contribution >= 0.6 is 11.8 Å². The Morgan fingerprint density at radius 2 is 1.58 bits per heavy atom. The fraction of sp³-hybridized carbons (Fsp3) is 0.118. The fourth-order valence-corrected chi connectivity index (χ4v) is 3.06. The van der Waals surface area contributed by atoms with Crippen molar-refractivity contribution in [1.82, 2.24) is 4.98 Å². The molecule has 0 N–H and O–H groups in total. The molecular formula is C17H15NS. The van der Waals surface area contributed by atoms with Gasteiger partial charge in [0, 0.05) is 5.39 Å². The maximum atomic E-state index is 4.74. The van der Waals surface area contributed by atoms with Gasteiger partial charge in [0.25, 0.3) is 0 Å². The lowest BCUT2D eigenvalue weighted by molar-refractivity contribution is 1.13. The number of thioether (sulfide) groups is 1. The third kappa shape index (κ3) is 2.13. The van der Waals surface area contributed by atoms with E-state index in [1.54, 1.807) is 11.8 Å². The normalized spacial score (nSPS) is 10.8. The molecule has 3 rings (SSSR count). The second-order valence-corrected chi connectivity index (χ2v) is 5.30. The molecule has 0 aliphatic carbocycles. The molecule has 0 spiro atoms. The smallest absolute Gasteiger partial charge is 0.1000 e. The zero-order valence-corrected chi connectivity index (χ0v) is 11.9. The predicted molar refractivity (Wildman–Crippen MR) is 83.7 cm³/mol. The number of para-hydroxylation sites is 1. The molecular weight excluding hydrogens is 250 g/mol. The van der Waals surface area contributed by atoms with Gasteiger partial charge in [-0.15, -0.1) is 11.8 Å². The molecule has 0 aliphatic heterocycles. The molecule has 0 atom stereocenters. The van der Waals surface area contributed by atoms with Crippen LogP contribution in [0.15, 0.2) is 59.6 Å². The van der Waals surface area contributed by atoms with Crippen LogP contribution in [0.1, 0.15) is 5.56 Å². The van der Waals surface area contributed by atoms with E-state index >= 15 is 0 Å². The van der Waals surface area contributed by atoms with Gasteiger partial charge >= 0.3 is 0 Å². The molecule has 2 heteroatoms. The molecule has 3 aromatic rings. The quantitative estimate of drug-likeness (QED) is 0.609. The predicted octanol–water partition coefficient (Wildman–Crippen LogP) is 4.93. The van der Waals surface area contributed by atoms with Gasteiger partial charge in [0.2, 0.25) is 0 Å². The van der Waals surface area contributed by atoms with Crippen LogP contribution in [-0.2, 0) is 0 Å². The number of fused-ring (bicyclic) bond motifs is 1. The van der Waals surface area contributed by atoms with E-state index in [2.05, 4.69) is 61.7 Å². The molecule has 1 nitrogen and oxygen atoms in total. The molecule has 0 unspecified atom stereocenters. The summed E-state index contributed by atoms with van der Waals surface area (Å²) in [5.74, 6) is 0. The number of aromatic nitrogens is 1. The monoisotopic (exact) mass is 265 g/mol. The zero-order chi connectivity index (χ0) is 13.2. The van der Waals surface area contributed by atoms with Crippen LogP contribution in [-0.4, -0.2) is 11.2 Å². The van der Waals surface area contributed by atoms with Crippen LogP contribution in [0.3, 0.4) is 0 Å². The first-order valence-electron chi connectivity index (χ1n) is 6.30. The van der Waals surface area contributed by atoms with E-state index in [0.29, 0.717) is 0 Å². The zero-order valence-electron chi connectivity index (χ0n) is 11.1. The first-order chi connectivity index (χ1) is 9.31. The van der Waals surface area contributed by atoms with Crippen molar-refractivity contribution in [3.63, 3.8) is 0 Å². The summed E-state index contributed by atoms with van der Waals surface area (Å²) in [5.41, 5.74) is 4.89. The minimum absolute atomic E-state index is 1.07. The maximum Gasteiger partial charge on any atom is 0.1000 e. The first-order valence-corrected chi connectivity index (χ1v) is 7.52. The van der Waals surface area contributed by atoms with Gasteiger partial charge < -0.3 is 0 Å². The van der Waals surface area contributed by atoms with Crippen molar-refractivity contribution in [3.05, 3.63) is 60.2 Å². The van der Waals surface area contributed by atoms with E-state index in [4.69, 9.17) is 4.98 Å². The van der Waals surface area contributed by atoms with Gasteiger partial charge in [-0.3, -0.25) is 0 Å². The summed E-state index contributed by atoms with van der Waals surface area (Å²) < 4.78 is 0. The SMILES string of the molecule is CSc1nc2ccccc2c(-c2ccccc2)c1C. The van der Waals surface area contributed by atoms with Crippen LogP contribution < -0.4 is 0 Å².